The number of aliphatic imine (C=N–C) groups is 2. The van der Waals surface area contributed by atoms with Crippen molar-refractivity contribution in [1.29, 1.82) is 0 Å². The molecule has 0 aromatic heterocycles. The zero-order chi connectivity index (χ0) is 13.9. The second-order valence-corrected chi connectivity index (χ2v) is 4.59. The van der Waals surface area contributed by atoms with Gasteiger partial charge in [0.15, 0.2) is 0 Å². The van der Waals surface area contributed by atoms with Crippen molar-refractivity contribution in [2.24, 2.45) is 15.9 Å². The average molecular weight is 261 g/mol. The third kappa shape index (κ3) is 3.34. The smallest absolute Gasteiger partial charge is 0.356 e. The van der Waals surface area contributed by atoms with E-state index in [0.29, 0.717) is 5.82 Å². The van der Waals surface area contributed by atoms with Crippen LogP contribution in [0, 0.1) is 5.92 Å². The van der Waals surface area contributed by atoms with Crippen LogP contribution in [0.4, 0.5) is 13.2 Å². The molecule has 18 heavy (non-hydrogen) atoms. The average Bonchev–Trinajstić information content (AvgIpc) is 2.17. The van der Waals surface area contributed by atoms with Gasteiger partial charge >= 0.3 is 6.18 Å². The van der Waals surface area contributed by atoms with Gasteiger partial charge in [0.25, 0.3) is 0 Å². The maximum atomic E-state index is 12.6. The molecule has 6 heteroatoms. The first-order valence-corrected chi connectivity index (χ1v) is 5.85. The van der Waals surface area contributed by atoms with E-state index in [-0.39, 0.29) is 5.92 Å². The van der Waals surface area contributed by atoms with Gasteiger partial charge in [-0.1, -0.05) is 13.8 Å². The van der Waals surface area contributed by atoms with Gasteiger partial charge in [0, 0.05) is 13.1 Å². The lowest BCUT2D eigenvalue weighted by molar-refractivity contribution is -0.0598. The Morgan fingerprint density at radius 2 is 1.83 bits per heavy atom. The number of hydrogen-bond donors (Lipinski definition) is 0. The number of alkyl halides is 3. The standard InChI is InChI=1S/C12H18F3N3/c1-8(2)9(3)10(18-6-5-7-18)17-11(16-4)12(13,14)15/h8H,4-7H2,1-3H3/b10-9-,17-11?. The lowest BCUT2D eigenvalue weighted by Crippen LogP contribution is -2.37. The van der Waals surface area contributed by atoms with Crippen LogP contribution in [0.2, 0.25) is 0 Å². The van der Waals surface area contributed by atoms with Gasteiger partial charge in [-0.3, -0.25) is 0 Å². The van der Waals surface area contributed by atoms with Crippen LogP contribution in [-0.4, -0.2) is 36.7 Å². The van der Waals surface area contributed by atoms with Crippen LogP contribution >= 0.6 is 0 Å². The highest BCUT2D eigenvalue weighted by molar-refractivity contribution is 5.91. The fourth-order valence-corrected chi connectivity index (χ4v) is 1.48. The zero-order valence-corrected chi connectivity index (χ0v) is 10.9. The second-order valence-electron chi connectivity index (χ2n) is 4.59. The molecular weight excluding hydrogens is 243 g/mol. The van der Waals surface area contributed by atoms with Crippen LogP contribution in [0.15, 0.2) is 21.4 Å². The molecule has 0 aromatic rings. The van der Waals surface area contributed by atoms with Crippen molar-refractivity contribution in [2.45, 2.75) is 33.4 Å². The minimum atomic E-state index is -4.56. The first-order valence-electron chi connectivity index (χ1n) is 5.85. The number of rotatable bonds is 3. The topological polar surface area (TPSA) is 28.0 Å². The molecule has 1 saturated heterocycles. The molecule has 0 N–H and O–H groups in total. The highest BCUT2D eigenvalue weighted by Gasteiger charge is 2.36. The maximum absolute atomic E-state index is 12.6. The Kier molecular flexibility index (Phi) is 4.53. The van der Waals surface area contributed by atoms with Crippen molar-refractivity contribution < 1.29 is 13.2 Å². The molecule has 0 amide bonds. The summed E-state index contributed by atoms with van der Waals surface area (Å²) in [4.78, 5) is 8.51. The minimum absolute atomic E-state index is 0.142. The Hall–Kier alpha value is -1.33. The van der Waals surface area contributed by atoms with E-state index in [1.807, 2.05) is 18.7 Å². The van der Waals surface area contributed by atoms with E-state index in [1.54, 1.807) is 6.92 Å². The summed E-state index contributed by atoms with van der Waals surface area (Å²) in [6, 6.07) is 0. The molecule has 1 fully saturated rings. The van der Waals surface area contributed by atoms with Gasteiger partial charge in [0.05, 0.1) is 0 Å². The van der Waals surface area contributed by atoms with Gasteiger partial charge in [-0.05, 0) is 31.6 Å². The lowest BCUT2D eigenvalue weighted by Gasteiger charge is -2.35. The molecule has 1 aliphatic rings. The van der Waals surface area contributed by atoms with Crippen molar-refractivity contribution >= 4 is 12.6 Å². The molecule has 3 nitrogen and oxygen atoms in total. The highest BCUT2D eigenvalue weighted by Crippen LogP contribution is 2.26. The molecule has 1 aliphatic heterocycles. The summed E-state index contributed by atoms with van der Waals surface area (Å²) in [6.07, 6.45) is -3.58. The van der Waals surface area contributed by atoms with Crippen LogP contribution in [0.3, 0.4) is 0 Å². The Morgan fingerprint density at radius 1 is 1.28 bits per heavy atom. The van der Waals surface area contributed by atoms with Gasteiger partial charge in [0.1, 0.15) is 5.82 Å². The Balaban J connectivity index is 3.16. The molecule has 0 saturated carbocycles. The molecular formula is C12H18F3N3. The van der Waals surface area contributed by atoms with Crippen molar-refractivity contribution in [1.82, 2.24) is 4.90 Å². The van der Waals surface area contributed by atoms with E-state index >= 15 is 0 Å². The lowest BCUT2D eigenvalue weighted by atomic mass is 10.0. The van der Waals surface area contributed by atoms with Crippen molar-refractivity contribution in [3.63, 3.8) is 0 Å². The number of amidine groups is 1. The van der Waals surface area contributed by atoms with E-state index in [1.165, 1.54) is 0 Å². The number of allylic oxidation sites excluding steroid dienone is 1. The first-order chi connectivity index (χ1) is 8.27. The van der Waals surface area contributed by atoms with Crippen LogP contribution in [0.5, 0.6) is 0 Å². The predicted molar refractivity (Wildman–Crippen MR) is 66.8 cm³/mol. The normalized spacial score (nSPS) is 18.6. The largest absolute Gasteiger partial charge is 0.451 e. The number of likely N-dealkylation sites (tertiary alicyclic amines) is 1. The van der Waals surface area contributed by atoms with Crippen LogP contribution in [0.1, 0.15) is 27.2 Å². The van der Waals surface area contributed by atoms with E-state index < -0.39 is 12.0 Å². The molecule has 102 valence electrons. The molecule has 0 aliphatic carbocycles. The van der Waals surface area contributed by atoms with Crippen molar-refractivity contribution in [3.05, 3.63) is 11.4 Å². The predicted octanol–water partition coefficient (Wildman–Crippen LogP) is 3.24. The fraction of sp³-hybridized carbons (Fsp3) is 0.667. The van der Waals surface area contributed by atoms with Gasteiger partial charge < -0.3 is 4.90 Å². The molecule has 0 spiro atoms. The third-order valence-electron chi connectivity index (χ3n) is 2.99. The first kappa shape index (κ1) is 14.7. The summed E-state index contributed by atoms with van der Waals surface area (Å²) >= 11 is 0. The maximum Gasteiger partial charge on any atom is 0.451 e. The summed E-state index contributed by atoms with van der Waals surface area (Å²) in [5.41, 5.74) is 0.833. The van der Waals surface area contributed by atoms with Crippen LogP contribution in [0.25, 0.3) is 0 Å². The van der Waals surface area contributed by atoms with Crippen molar-refractivity contribution in [3.8, 4) is 0 Å². The van der Waals surface area contributed by atoms with Gasteiger partial charge in [0.2, 0.25) is 5.84 Å². The zero-order valence-electron chi connectivity index (χ0n) is 10.9. The van der Waals surface area contributed by atoms with E-state index in [0.717, 1.165) is 25.1 Å². The summed E-state index contributed by atoms with van der Waals surface area (Å²) in [6.45, 7) is 10.1. The molecule has 1 rings (SSSR count). The van der Waals surface area contributed by atoms with Gasteiger partial charge in [-0.25, -0.2) is 9.98 Å². The van der Waals surface area contributed by atoms with Gasteiger partial charge in [-0.15, -0.1) is 0 Å². The number of hydrogen-bond acceptors (Lipinski definition) is 2. The van der Waals surface area contributed by atoms with E-state index in [2.05, 4.69) is 16.7 Å². The number of halogens is 3. The molecule has 0 radical (unpaired) electrons. The highest BCUT2D eigenvalue weighted by atomic mass is 19.4. The quantitative estimate of drug-likeness (QED) is 0.566. The fourth-order valence-electron chi connectivity index (χ4n) is 1.48. The summed E-state index contributed by atoms with van der Waals surface area (Å²) in [7, 11) is 0. The Labute approximate surface area is 105 Å². The van der Waals surface area contributed by atoms with E-state index in [4.69, 9.17) is 0 Å². The van der Waals surface area contributed by atoms with Crippen LogP contribution in [-0.2, 0) is 0 Å². The Bertz CT molecular complexity index is 377. The van der Waals surface area contributed by atoms with Gasteiger partial charge in [-0.2, -0.15) is 13.2 Å². The molecule has 1 heterocycles. The SMILES string of the molecule is C=NC(=N/C(=C(\C)C(C)C)N1CCC1)C(F)(F)F. The molecule has 0 unspecified atom stereocenters. The van der Waals surface area contributed by atoms with Crippen molar-refractivity contribution in [2.75, 3.05) is 13.1 Å². The number of nitrogens with zero attached hydrogens (tertiary/aromatic N) is 3. The van der Waals surface area contributed by atoms with Crippen LogP contribution < -0.4 is 0 Å². The molecule has 0 atom stereocenters. The summed E-state index contributed by atoms with van der Waals surface area (Å²) < 4.78 is 37.9. The monoisotopic (exact) mass is 261 g/mol. The summed E-state index contributed by atoms with van der Waals surface area (Å²) in [5.74, 6) is -0.649. The summed E-state index contributed by atoms with van der Waals surface area (Å²) in [5, 5.41) is 0. The van der Waals surface area contributed by atoms with E-state index in [9.17, 15) is 13.2 Å². The Morgan fingerprint density at radius 3 is 2.11 bits per heavy atom. The molecule has 0 aromatic carbocycles. The molecule has 0 bridgehead atoms. The third-order valence-corrected chi connectivity index (χ3v) is 2.99. The second kappa shape index (κ2) is 5.54. The minimum Gasteiger partial charge on any atom is -0.356 e.